The predicted octanol–water partition coefficient (Wildman–Crippen LogP) is 0.428. The van der Waals surface area contributed by atoms with Crippen LogP contribution in [0.15, 0.2) is 18.3 Å². The Morgan fingerprint density at radius 1 is 1.47 bits per heavy atom. The molecule has 5 heteroatoms. The van der Waals surface area contributed by atoms with Crippen LogP contribution >= 0.6 is 0 Å². The van der Waals surface area contributed by atoms with Gasteiger partial charge in [0.05, 0.1) is 17.6 Å². The molecule has 1 amide bonds. The average molecular weight is 234 g/mol. The monoisotopic (exact) mass is 234 g/mol. The van der Waals surface area contributed by atoms with Gasteiger partial charge in [-0.2, -0.15) is 0 Å². The Kier molecular flexibility index (Phi) is 3.58. The molecule has 0 aromatic carbocycles. The third kappa shape index (κ3) is 2.94. The number of carbonyl (C=O) groups excluding carboxylic acids is 1. The number of hydrogen-bond donors (Lipinski definition) is 2. The van der Waals surface area contributed by atoms with E-state index in [9.17, 15) is 4.79 Å². The zero-order valence-electron chi connectivity index (χ0n) is 10.0. The van der Waals surface area contributed by atoms with E-state index in [4.69, 9.17) is 5.73 Å². The smallest absolute Gasteiger partial charge is 0.221 e. The van der Waals surface area contributed by atoms with Crippen molar-refractivity contribution < 1.29 is 4.79 Å². The van der Waals surface area contributed by atoms with Crippen molar-refractivity contribution in [2.45, 2.75) is 19.4 Å². The van der Waals surface area contributed by atoms with Crippen LogP contribution in [0.2, 0.25) is 0 Å². The normalized spacial score (nSPS) is 18.5. The van der Waals surface area contributed by atoms with E-state index in [1.54, 1.807) is 0 Å². The predicted molar refractivity (Wildman–Crippen MR) is 66.7 cm³/mol. The second-order valence-electron chi connectivity index (χ2n) is 4.32. The lowest BCUT2D eigenvalue weighted by Crippen LogP contribution is -2.28. The van der Waals surface area contributed by atoms with Gasteiger partial charge < -0.3 is 16.0 Å². The number of nitrogens with two attached hydrogens (primary N) is 1. The molecule has 1 aromatic rings. The molecule has 0 bridgehead atoms. The largest absolute Gasteiger partial charge is 0.368 e. The summed E-state index contributed by atoms with van der Waals surface area (Å²) in [6.45, 7) is 4.17. The number of rotatable bonds is 2. The number of nitrogens with one attached hydrogen (secondary N) is 1. The Bertz CT molecular complexity index is 388. The molecule has 1 aliphatic rings. The molecule has 2 rings (SSSR count). The molecule has 0 aliphatic carbocycles. The van der Waals surface area contributed by atoms with Gasteiger partial charge in [0, 0.05) is 32.1 Å². The number of pyridine rings is 1. The molecule has 3 N–H and O–H groups in total. The first kappa shape index (κ1) is 11.9. The summed E-state index contributed by atoms with van der Waals surface area (Å²) < 4.78 is 0. The fourth-order valence-electron chi connectivity index (χ4n) is 1.88. The second kappa shape index (κ2) is 5.14. The second-order valence-corrected chi connectivity index (χ2v) is 4.32. The van der Waals surface area contributed by atoms with E-state index in [-0.39, 0.29) is 11.9 Å². The number of carbonyl (C=O) groups is 1. The van der Waals surface area contributed by atoms with Crippen molar-refractivity contribution in [1.29, 1.82) is 0 Å². The molecular weight excluding hydrogens is 216 g/mol. The highest BCUT2D eigenvalue weighted by atomic mass is 16.1. The molecule has 2 heterocycles. The highest BCUT2D eigenvalue weighted by molar-refractivity contribution is 5.77. The lowest BCUT2D eigenvalue weighted by atomic mass is 10.2. The van der Waals surface area contributed by atoms with Gasteiger partial charge in [0.2, 0.25) is 5.91 Å². The Hall–Kier alpha value is -1.62. The summed E-state index contributed by atoms with van der Waals surface area (Å²) in [7, 11) is 0. The maximum absolute atomic E-state index is 11.2. The molecule has 0 saturated carbocycles. The number of amides is 1. The van der Waals surface area contributed by atoms with Gasteiger partial charge in [-0.3, -0.25) is 9.78 Å². The fraction of sp³-hybridized carbons (Fsp3) is 0.500. The third-order valence-electron chi connectivity index (χ3n) is 2.92. The minimum Gasteiger partial charge on any atom is -0.368 e. The zero-order chi connectivity index (χ0) is 12.3. The molecule has 0 spiro atoms. The van der Waals surface area contributed by atoms with Crippen LogP contribution in [0.4, 0.5) is 5.69 Å². The van der Waals surface area contributed by atoms with Crippen molar-refractivity contribution >= 4 is 11.6 Å². The molecule has 0 radical (unpaired) electrons. The molecule has 1 fully saturated rings. The van der Waals surface area contributed by atoms with E-state index < -0.39 is 0 Å². The van der Waals surface area contributed by atoms with Gasteiger partial charge >= 0.3 is 0 Å². The van der Waals surface area contributed by atoms with Crippen molar-refractivity contribution in [3.05, 3.63) is 24.0 Å². The summed E-state index contributed by atoms with van der Waals surface area (Å²) in [6.07, 6.45) is 2.36. The lowest BCUT2D eigenvalue weighted by Gasteiger charge is -2.21. The summed E-state index contributed by atoms with van der Waals surface area (Å²) >= 11 is 0. The van der Waals surface area contributed by atoms with Gasteiger partial charge in [-0.15, -0.1) is 0 Å². The van der Waals surface area contributed by atoms with Gasteiger partial charge in [-0.25, -0.2) is 0 Å². The van der Waals surface area contributed by atoms with E-state index in [1.165, 1.54) is 0 Å². The number of anilines is 1. The van der Waals surface area contributed by atoms with Crippen molar-refractivity contribution in [3.8, 4) is 0 Å². The van der Waals surface area contributed by atoms with E-state index in [0.717, 1.165) is 24.5 Å². The highest BCUT2D eigenvalue weighted by Crippen LogP contribution is 2.16. The van der Waals surface area contributed by atoms with E-state index in [0.29, 0.717) is 13.0 Å². The molecule has 5 nitrogen and oxygen atoms in total. The lowest BCUT2D eigenvalue weighted by molar-refractivity contribution is -0.120. The van der Waals surface area contributed by atoms with Crippen molar-refractivity contribution in [2.24, 2.45) is 5.73 Å². The molecular formula is C12H18N4O. The SMILES string of the molecule is C[C@H](N)c1ccc(N2CCNC(=O)CC2)cn1. The van der Waals surface area contributed by atoms with Crippen LogP contribution in [0.25, 0.3) is 0 Å². The summed E-state index contributed by atoms with van der Waals surface area (Å²) in [5.74, 6) is 0.118. The van der Waals surface area contributed by atoms with Crippen molar-refractivity contribution in [3.63, 3.8) is 0 Å². The Morgan fingerprint density at radius 2 is 2.29 bits per heavy atom. The first-order chi connectivity index (χ1) is 8.16. The topological polar surface area (TPSA) is 71.2 Å². The summed E-state index contributed by atoms with van der Waals surface area (Å²) in [6, 6.07) is 3.91. The minimum absolute atomic E-state index is 0.0450. The maximum atomic E-state index is 11.2. The molecule has 0 unspecified atom stereocenters. The molecule has 1 atom stereocenters. The number of nitrogens with zero attached hydrogens (tertiary/aromatic N) is 2. The van der Waals surface area contributed by atoms with Crippen LogP contribution in [0.1, 0.15) is 25.1 Å². The summed E-state index contributed by atoms with van der Waals surface area (Å²) in [5.41, 5.74) is 7.69. The molecule has 92 valence electrons. The molecule has 17 heavy (non-hydrogen) atoms. The average Bonchev–Trinajstić information content (AvgIpc) is 2.54. The van der Waals surface area contributed by atoms with E-state index >= 15 is 0 Å². The van der Waals surface area contributed by atoms with Crippen molar-refractivity contribution in [1.82, 2.24) is 10.3 Å². The van der Waals surface area contributed by atoms with Crippen LogP contribution < -0.4 is 16.0 Å². The Balaban J connectivity index is 2.08. The summed E-state index contributed by atoms with van der Waals surface area (Å²) in [5, 5.41) is 2.85. The Morgan fingerprint density at radius 3 is 2.94 bits per heavy atom. The highest BCUT2D eigenvalue weighted by Gasteiger charge is 2.14. The minimum atomic E-state index is -0.0450. The van der Waals surface area contributed by atoms with Gasteiger partial charge in [0.25, 0.3) is 0 Å². The van der Waals surface area contributed by atoms with Gasteiger partial charge in [0.15, 0.2) is 0 Å². The van der Waals surface area contributed by atoms with Crippen LogP contribution in [-0.4, -0.2) is 30.5 Å². The van der Waals surface area contributed by atoms with E-state index in [1.807, 2.05) is 25.3 Å². The van der Waals surface area contributed by atoms with Crippen LogP contribution in [-0.2, 0) is 4.79 Å². The Labute approximate surface area is 101 Å². The van der Waals surface area contributed by atoms with Crippen LogP contribution in [0, 0.1) is 0 Å². The first-order valence-corrected chi connectivity index (χ1v) is 5.90. The quantitative estimate of drug-likeness (QED) is 0.778. The first-order valence-electron chi connectivity index (χ1n) is 5.90. The van der Waals surface area contributed by atoms with Crippen LogP contribution in [0.3, 0.4) is 0 Å². The fourth-order valence-corrected chi connectivity index (χ4v) is 1.88. The number of hydrogen-bond acceptors (Lipinski definition) is 4. The van der Waals surface area contributed by atoms with Crippen LogP contribution in [0.5, 0.6) is 0 Å². The summed E-state index contributed by atoms with van der Waals surface area (Å²) in [4.78, 5) is 17.7. The zero-order valence-corrected chi connectivity index (χ0v) is 10.0. The number of aromatic nitrogens is 1. The van der Waals surface area contributed by atoms with E-state index in [2.05, 4.69) is 15.2 Å². The van der Waals surface area contributed by atoms with Gasteiger partial charge in [0.1, 0.15) is 0 Å². The van der Waals surface area contributed by atoms with Gasteiger partial charge in [-0.1, -0.05) is 0 Å². The third-order valence-corrected chi connectivity index (χ3v) is 2.92. The molecule has 1 saturated heterocycles. The van der Waals surface area contributed by atoms with Gasteiger partial charge in [-0.05, 0) is 19.1 Å². The molecule has 1 aromatic heterocycles. The standard InChI is InChI=1S/C12H18N4O/c1-9(13)11-3-2-10(8-15-11)16-6-4-12(17)14-5-7-16/h2-3,8-9H,4-7,13H2,1H3,(H,14,17)/t9-/m0/s1. The maximum Gasteiger partial charge on any atom is 0.221 e. The molecule has 1 aliphatic heterocycles. The van der Waals surface area contributed by atoms with Crippen molar-refractivity contribution in [2.75, 3.05) is 24.5 Å².